The Bertz CT molecular complexity index is 288. The van der Waals surface area contributed by atoms with Gasteiger partial charge in [0.2, 0.25) is 0 Å². The van der Waals surface area contributed by atoms with E-state index in [1.807, 2.05) is 0 Å². The number of allylic oxidation sites excluding steroid dienone is 1. The summed E-state index contributed by atoms with van der Waals surface area (Å²) in [6.07, 6.45) is 4.42. The monoisotopic (exact) mass is 188 g/mol. The average Bonchev–Trinajstić information content (AvgIpc) is 2.15. The van der Waals surface area contributed by atoms with Crippen LogP contribution in [0.4, 0.5) is 0 Å². The Balaban J connectivity index is 2.73. The van der Waals surface area contributed by atoms with E-state index in [0.717, 1.165) is 0 Å². The maximum absolute atomic E-state index is 2.23. The van der Waals surface area contributed by atoms with Crippen molar-refractivity contribution in [2.75, 3.05) is 0 Å². The molecule has 1 rings (SSSR count). The summed E-state index contributed by atoms with van der Waals surface area (Å²) in [7, 11) is 0. The molecule has 0 aliphatic rings. The summed E-state index contributed by atoms with van der Waals surface area (Å²) in [5.41, 5.74) is 2.70. The van der Waals surface area contributed by atoms with Gasteiger partial charge in [-0.3, -0.25) is 0 Å². The third kappa shape index (κ3) is 3.37. The summed E-state index contributed by atoms with van der Waals surface area (Å²) in [5, 5.41) is 0. The normalized spacial score (nSPS) is 11.9. The minimum atomic E-state index is 0.623. The highest BCUT2D eigenvalue weighted by atomic mass is 14.0. The zero-order valence-electron chi connectivity index (χ0n) is 9.62. The van der Waals surface area contributed by atoms with E-state index in [0.29, 0.717) is 11.8 Å². The van der Waals surface area contributed by atoms with Gasteiger partial charge in [-0.15, -0.1) is 0 Å². The van der Waals surface area contributed by atoms with Gasteiger partial charge in [0.1, 0.15) is 0 Å². The number of benzene rings is 1. The molecule has 0 heterocycles. The third-order valence-corrected chi connectivity index (χ3v) is 2.28. The van der Waals surface area contributed by atoms with Crippen LogP contribution in [0.3, 0.4) is 0 Å². The molecule has 76 valence electrons. The van der Waals surface area contributed by atoms with Crippen molar-refractivity contribution in [3.8, 4) is 0 Å². The Kier molecular flexibility index (Phi) is 3.94. The molecule has 0 bridgehead atoms. The first-order valence-corrected chi connectivity index (χ1v) is 5.37. The van der Waals surface area contributed by atoms with Gasteiger partial charge in [-0.25, -0.2) is 0 Å². The lowest BCUT2D eigenvalue weighted by atomic mass is 10.0. The maximum Gasteiger partial charge on any atom is -0.0219 e. The minimum Gasteiger partial charge on any atom is -0.0814 e. The SMILES string of the molecule is CC(C)/C=C\c1ccc(C(C)C)cc1. The molecule has 0 N–H and O–H groups in total. The highest BCUT2D eigenvalue weighted by Crippen LogP contribution is 2.15. The zero-order chi connectivity index (χ0) is 10.6. The second kappa shape index (κ2) is 4.99. The van der Waals surface area contributed by atoms with Crippen LogP contribution in [0.25, 0.3) is 6.08 Å². The van der Waals surface area contributed by atoms with Crippen LogP contribution in [-0.4, -0.2) is 0 Å². The molecule has 0 atom stereocenters. The van der Waals surface area contributed by atoms with Crippen LogP contribution >= 0.6 is 0 Å². The fourth-order valence-electron chi connectivity index (χ4n) is 1.30. The predicted molar refractivity (Wildman–Crippen MR) is 64.4 cm³/mol. The molecular formula is C14H20. The van der Waals surface area contributed by atoms with Crippen molar-refractivity contribution in [3.05, 3.63) is 41.5 Å². The van der Waals surface area contributed by atoms with Gasteiger partial charge in [0.05, 0.1) is 0 Å². The van der Waals surface area contributed by atoms with Gasteiger partial charge in [-0.1, -0.05) is 64.1 Å². The Hall–Kier alpha value is -1.04. The summed E-state index contributed by atoms with van der Waals surface area (Å²) in [6, 6.07) is 8.80. The van der Waals surface area contributed by atoms with Gasteiger partial charge in [-0.05, 0) is 23.0 Å². The quantitative estimate of drug-likeness (QED) is 0.656. The first kappa shape index (κ1) is 11.0. The van der Waals surface area contributed by atoms with Crippen molar-refractivity contribution in [1.29, 1.82) is 0 Å². The van der Waals surface area contributed by atoms with E-state index in [-0.39, 0.29) is 0 Å². The summed E-state index contributed by atoms with van der Waals surface area (Å²) < 4.78 is 0. The first-order chi connectivity index (χ1) is 6.59. The summed E-state index contributed by atoms with van der Waals surface area (Å²) >= 11 is 0. The molecule has 0 unspecified atom stereocenters. The molecule has 0 fully saturated rings. The van der Waals surface area contributed by atoms with Gasteiger partial charge < -0.3 is 0 Å². The first-order valence-electron chi connectivity index (χ1n) is 5.37. The van der Waals surface area contributed by atoms with Crippen LogP contribution in [0.2, 0.25) is 0 Å². The lowest BCUT2D eigenvalue weighted by Gasteiger charge is -2.04. The zero-order valence-corrected chi connectivity index (χ0v) is 9.62. The fraction of sp³-hybridized carbons (Fsp3) is 0.429. The Morgan fingerprint density at radius 1 is 0.929 bits per heavy atom. The lowest BCUT2D eigenvalue weighted by Crippen LogP contribution is -1.86. The maximum atomic E-state index is 2.23. The fourth-order valence-corrected chi connectivity index (χ4v) is 1.30. The molecule has 0 aliphatic heterocycles. The van der Waals surface area contributed by atoms with E-state index in [4.69, 9.17) is 0 Å². The van der Waals surface area contributed by atoms with Gasteiger partial charge in [0.25, 0.3) is 0 Å². The average molecular weight is 188 g/mol. The predicted octanol–water partition coefficient (Wildman–Crippen LogP) is 4.48. The van der Waals surface area contributed by atoms with E-state index in [2.05, 4.69) is 64.1 Å². The number of hydrogen-bond donors (Lipinski definition) is 0. The molecule has 0 aromatic heterocycles. The summed E-state index contributed by atoms with van der Waals surface area (Å²) in [4.78, 5) is 0. The van der Waals surface area contributed by atoms with Crippen LogP contribution in [0, 0.1) is 5.92 Å². The molecule has 0 radical (unpaired) electrons. The molecule has 1 aromatic carbocycles. The van der Waals surface area contributed by atoms with Crippen LogP contribution in [0.5, 0.6) is 0 Å². The van der Waals surface area contributed by atoms with Gasteiger partial charge in [0, 0.05) is 0 Å². The summed E-state index contributed by atoms with van der Waals surface area (Å²) in [6.45, 7) is 8.83. The van der Waals surface area contributed by atoms with E-state index in [1.165, 1.54) is 11.1 Å². The van der Waals surface area contributed by atoms with E-state index < -0.39 is 0 Å². The van der Waals surface area contributed by atoms with Gasteiger partial charge >= 0.3 is 0 Å². The third-order valence-electron chi connectivity index (χ3n) is 2.28. The lowest BCUT2D eigenvalue weighted by molar-refractivity contribution is 0.836. The molecular weight excluding hydrogens is 168 g/mol. The van der Waals surface area contributed by atoms with Gasteiger partial charge in [-0.2, -0.15) is 0 Å². The van der Waals surface area contributed by atoms with Crippen LogP contribution < -0.4 is 0 Å². The highest BCUT2D eigenvalue weighted by molar-refractivity contribution is 5.50. The molecule has 0 spiro atoms. The molecule has 0 heteroatoms. The van der Waals surface area contributed by atoms with Crippen molar-refractivity contribution in [2.24, 2.45) is 5.92 Å². The molecule has 0 amide bonds. The molecule has 0 saturated carbocycles. The van der Waals surface area contributed by atoms with Crippen molar-refractivity contribution < 1.29 is 0 Å². The van der Waals surface area contributed by atoms with Gasteiger partial charge in [0.15, 0.2) is 0 Å². The smallest absolute Gasteiger partial charge is 0.0219 e. The minimum absolute atomic E-state index is 0.623. The Morgan fingerprint density at radius 2 is 1.50 bits per heavy atom. The second-order valence-electron chi connectivity index (χ2n) is 4.42. The van der Waals surface area contributed by atoms with Crippen LogP contribution in [0.15, 0.2) is 30.3 Å². The van der Waals surface area contributed by atoms with Crippen molar-refractivity contribution in [3.63, 3.8) is 0 Å². The van der Waals surface area contributed by atoms with Crippen molar-refractivity contribution in [2.45, 2.75) is 33.6 Å². The molecule has 0 aliphatic carbocycles. The van der Waals surface area contributed by atoms with Crippen LogP contribution in [-0.2, 0) is 0 Å². The molecule has 0 saturated heterocycles. The largest absolute Gasteiger partial charge is 0.0814 e. The molecule has 0 nitrogen and oxygen atoms in total. The second-order valence-corrected chi connectivity index (χ2v) is 4.42. The van der Waals surface area contributed by atoms with E-state index in [9.17, 15) is 0 Å². The highest BCUT2D eigenvalue weighted by Gasteiger charge is 1.96. The Labute approximate surface area is 87.7 Å². The standard InChI is InChI=1S/C14H20/c1-11(2)5-6-13-7-9-14(10-8-13)12(3)4/h5-12H,1-4H3/b6-5-. The van der Waals surface area contributed by atoms with E-state index in [1.54, 1.807) is 0 Å². The van der Waals surface area contributed by atoms with E-state index >= 15 is 0 Å². The van der Waals surface area contributed by atoms with Crippen molar-refractivity contribution >= 4 is 6.08 Å². The number of rotatable bonds is 3. The number of hydrogen-bond acceptors (Lipinski definition) is 0. The van der Waals surface area contributed by atoms with Crippen LogP contribution in [0.1, 0.15) is 44.7 Å². The molecule has 14 heavy (non-hydrogen) atoms. The Morgan fingerprint density at radius 3 is 1.93 bits per heavy atom. The van der Waals surface area contributed by atoms with Crippen molar-refractivity contribution in [1.82, 2.24) is 0 Å². The topological polar surface area (TPSA) is 0 Å². The summed E-state index contributed by atoms with van der Waals surface area (Å²) in [5.74, 6) is 1.25. The molecule has 1 aromatic rings.